The summed E-state index contributed by atoms with van der Waals surface area (Å²) in [6.07, 6.45) is 0.217. The number of nitrogens with zero attached hydrogens (tertiary/aromatic N) is 2. The van der Waals surface area contributed by atoms with Gasteiger partial charge in [-0.05, 0) is 26.3 Å². The van der Waals surface area contributed by atoms with E-state index in [1.54, 1.807) is 26.8 Å². The molecule has 0 saturated carbocycles. The molecule has 0 radical (unpaired) electrons. The van der Waals surface area contributed by atoms with Crippen LogP contribution in [0.3, 0.4) is 0 Å². The third-order valence-corrected chi connectivity index (χ3v) is 1.94. The summed E-state index contributed by atoms with van der Waals surface area (Å²) in [5.41, 5.74) is 0.298. The summed E-state index contributed by atoms with van der Waals surface area (Å²) < 4.78 is 0. The summed E-state index contributed by atoms with van der Waals surface area (Å²) in [5.74, 6) is -0.568. The quantitative estimate of drug-likeness (QED) is 0.394. The van der Waals surface area contributed by atoms with Crippen molar-refractivity contribution in [2.45, 2.75) is 20.8 Å². The van der Waals surface area contributed by atoms with Gasteiger partial charge in [0, 0.05) is 0 Å². The van der Waals surface area contributed by atoms with Crippen molar-refractivity contribution in [3.8, 4) is 12.1 Å². The smallest absolute Gasteiger partial charge is 0.200 e. The van der Waals surface area contributed by atoms with E-state index in [1.807, 2.05) is 0 Å². The molecular weight excluding hydrogens is 192 g/mol. The van der Waals surface area contributed by atoms with Crippen LogP contribution in [0, 0.1) is 22.7 Å². The number of carbonyl (C=O) groups is 2. The molecule has 0 rings (SSSR count). The summed E-state index contributed by atoms with van der Waals surface area (Å²) in [7, 11) is 0. The van der Waals surface area contributed by atoms with Gasteiger partial charge in [0.25, 0.3) is 0 Å². The van der Waals surface area contributed by atoms with Crippen LogP contribution in [0.5, 0.6) is 0 Å². The van der Waals surface area contributed by atoms with Gasteiger partial charge < -0.3 is 0 Å². The zero-order valence-electron chi connectivity index (χ0n) is 8.79. The highest BCUT2D eigenvalue weighted by molar-refractivity contribution is 6.14. The van der Waals surface area contributed by atoms with Crippen molar-refractivity contribution < 1.29 is 9.59 Å². The average Bonchev–Trinajstić information content (AvgIpc) is 2.23. The Morgan fingerprint density at radius 3 is 1.93 bits per heavy atom. The monoisotopic (exact) mass is 202 g/mol. The lowest BCUT2D eigenvalue weighted by Crippen LogP contribution is -2.07. The van der Waals surface area contributed by atoms with Gasteiger partial charge in [-0.15, -0.1) is 0 Å². The van der Waals surface area contributed by atoms with Gasteiger partial charge in [-0.2, -0.15) is 10.5 Å². The second kappa shape index (κ2) is 5.51. The zero-order chi connectivity index (χ0) is 12.0. The van der Waals surface area contributed by atoms with Crippen LogP contribution >= 0.6 is 0 Å². The number of hydrogen-bond acceptors (Lipinski definition) is 4. The highest BCUT2D eigenvalue weighted by Gasteiger charge is 2.17. The molecule has 0 N–H and O–H groups in total. The molecule has 0 aromatic heterocycles. The Morgan fingerprint density at radius 2 is 1.67 bits per heavy atom. The number of rotatable bonds is 3. The van der Waals surface area contributed by atoms with E-state index >= 15 is 0 Å². The normalized spacial score (nSPS) is 10.5. The lowest BCUT2D eigenvalue weighted by molar-refractivity contribution is -0.112. The summed E-state index contributed by atoms with van der Waals surface area (Å²) >= 11 is 0. The van der Waals surface area contributed by atoms with Crippen molar-refractivity contribution in [1.82, 2.24) is 0 Å². The van der Waals surface area contributed by atoms with E-state index in [-0.39, 0.29) is 6.29 Å². The fraction of sp³-hybridized carbons (Fsp3) is 0.273. The zero-order valence-corrected chi connectivity index (χ0v) is 8.79. The van der Waals surface area contributed by atoms with Gasteiger partial charge in [-0.3, -0.25) is 9.59 Å². The molecule has 0 amide bonds. The lowest BCUT2D eigenvalue weighted by Gasteiger charge is -2.01. The van der Waals surface area contributed by atoms with Crippen LogP contribution in [0.4, 0.5) is 0 Å². The average molecular weight is 202 g/mol. The van der Waals surface area contributed by atoms with E-state index < -0.39 is 16.9 Å². The second-order valence-electron chi connectivity index (χ2n) is 3.08. The maximum Gasteiger partial charge on any atom is 0.200 e. The van der Waals surface area contributed by atoms with Crippen LogP contribution in [0.2, 0.25) is 0 Å². The molecule has 0 atom stereocenters. The third-order valence-electron chi connectivity index (χ3n) is 1.94. The largest absolute Gasteiger partial charge is 0.297 e. The standard InChI is InChI=1S/C11H10N2O2/c1-7(2)8(3)11(15)10(5-13)9(4-12)6-14/h6H,1-3H3/b10-9-. The van der Waals surface area contributed by atoms with Crippen LogP contribution in [0.1, 0.15) is 20.8 Å². The van der Waals surface area contributed by atoms with Crippen molar-refractivity contribution in [1.29, 1.82) is 10.5 Å². The van der Waals surface area contributed by atoms with Gasteiger partial charge in [0.05, 0.1) is 0 Å². The summed E-state index contributed by atoms with van der Waals surface area (Å²) in [6, 6.07) is 3.10. The van der Waals surface area contributed by atoms with Crippen molar-refractivity contribution in [2.75, 3.05) is 0 Å². The number of carbonyl (C=O) groups excluding carboxylic acids is 2. The first-order valence-electron chi connectivity index (χ1n) is 4.18. The minimum absolute atomic E-state index is 0.217. The predicted octanol–water partition coefficient (Wildman–Crippen LogP) is 1.45. The number of hydrogen-bond donors (Lipinski definition) is 0. The molecule has 76 valence electrons. The molecule has 4 heteroatoms. The Bertz CT molecular complexity index is 438. The Balaban J connectivity index is 5.62. The molecule has 0 fully saturated rings. The predicted molar refractivity (Wildman–Crippen MR) is 53.4 cm³/mol. The van der Waals surface area contributed by atoms with Gasteiger partial charge in [0.15, 0.2) is 6.29 Å². The molecule has 0 heterocycles. The number of nitriles is 2. The highest BCUT2D eigenvalue weighted by Crippen LogP contribution is 2.12. The number of ketones is 1. The first-order chi connectivity index (χ1) is 6.99. The van der Waals surface area contributed by atoms with Crippen LogP contribution < -0.4 is 0 Å². The molecule has 0 saturated heterocycles. The van der Waals surface area contributed by atoms with Gasteiger partial charge in [0.1, 0.15) is 23.3 Å². The van der Waals surface area contributed by atoms with Crippen LogP contribution in [0.15, 0.2) is 22.3 Å². The molecule has 0 spiro atoms. The van der Waals surface area contributed by atoms with E-state index in [0.717, 1.165) is 5.57 Å². The maximum atomic E-state index is 11.6. The molecule has 0 aliphatic carbocycles. The van der Waals surface area contributed by atoms with Crippen LogP contribution in [-0.4, -0.2) is 12.1 Å². The number of Topliss-reactive ketones (excluding diaryl/α,β-unsaturated/α-hetero) is 1. The fourth-order valence-corrected chi connectivity index (χ4v) is 0.789. The van der Waals surface area contributed by atoms with Crippen LogP contribution in [0.25, 0.3) is 0 Å². The number of aldehydes is 1. The Hall–Kier alpha value is -2.20. The molecule has 0 aromatic rings. The second-order valence-corrected chi connectivity index (χ2v) is 3.08. The summed E-state index contributed by atoms with van der Waals surface area (Å²) in [5, 5.41) is 17.2. The minimum Gasteiger partial charge on any atom is -0.297 e. The van der Waals surface area contributed by atoms with E-state index in [9.17, 15) is 9.59 Å². The van der Waals surface area contributed by atoms with Gasteiger partial charge in [0.2, 0.25) is 5.78 Å². The first-order valence-corrected chi connectivity index (χ1v) is 4.18. The molecule has 0 aromatic carbocycles. The summed E-state index contributed by atoms with van der Waals surface area (Å²) in [6.45, 7) is 4.99. The highest BCUT2D eigenvalue weighted by atomic mass is 16.1. The molecule has 15 heavy (non-hydrogen) atoms. The molecule has 4 nitrogen and oxygen atoms in total. The first kappa shape index (κ1) is 12.8. The van der Waals surface area contributed by atoms with E-state index in [4.69, 9.17) is 10.5 Å². The van der Waals surface area contributed by atoms with E-state index in [2.05, 4.69) is 0 Å². The van der Waals surface area contributed by atoms with Crippen molar-refractivity contribution in [3.63, 3.8) is 0 Å². The van der Waals surface area contributed by atoms with Crippen molar-refractivity contribution in [3.05, 3.63) is 22.3 Å². The molecular formula is C11H10N2O2. The third kappa shape index (κ3) is 2.89. The lowest BCUT2D eigenvalue weighted by atomic mass is 9.99. The van der Waals surface area contributed by atoms with E-state index in [0.29, 0.717) is 5.57 Å². The SMILES string of the molecule is CC(C)=C(C)C(=O)/C(C#N)=C(/C#N)C=O. The Labute approximate surface area is 88.1 Å². The Kier molecular flexibility index (Phi) is 4.70. The van der Waals surface area contributed by atoms with E-state index in [1.165, 1.54) is 6.07 Å². The molecule has 0 aliphatic rings. The fourth-order valence-electron chi connectivity index (χ4n) is 0.789. The van der Waals surface area contributed by atoms with Gasteiger partial charge in [-0.25, -0.2) is 0 Å². The van der Waals surface area contributed by atoms with Gasteiger partial charge in [-0.1, -0.05) is 5.57 Å². The van der Waals surface area contributed by atoms with Crippen molar-refractivity contribution in [2.24, 2.45) is 0 Å². The molecule has 0 aliphatic heterocycles. The van der Waals surface area contributed by atoms with Gasteiger partial charge >= 0.3 is 0 Å². The summed E-state index contributed by atoms with van der Waals surface area (Å²) in [4.78, 5) is 22.1. The minimum atomic E-state index is -0.568. The van der Waals surface area contributed by atoms with Crippen molar-refractivity contribution >= 4 is 12.1 Å². The van der Waals surface area contributed by atoms with Crippen LogP contribution in [-0.2, 0) is 9.59 Å². The Morgan fingerprint density at radius 1 is 1.13 bits per heavy atom. The number of allylic oxidation sites excluding steroid dienone is 4. The molecule has 0 bridgehead atoms. The molecule has 0 unspecified atom stereocenters. The topological polar surface area (TPSA) is 81.7 Å². The maximum absolute atomic E-state index is 11.6.